The van der Waals surface area contributed by atoms with Gasteiger partial charge in [0.05, 0.1) is 0 Å². The standard InChI is InChI=1S/C13H16N2OS/c1-4-17-11-7-5-10(6-8-11)12-9(2)16-13(14-3)15-12/h5-8H,4H2,1-3H3,(H,14,15). The summed E-state index contributed by atoms with van der Waals surface area (Å²) in [7, 11) is 1.80. The number of nitrogens with one attached hydrogen (secondary N) is 1. The molecule has 0 amide bonds. The summed E-state index contributed by atoms with van der Waals surface area (Å²) in [4.78, 5) is 5.67. The lowest BCUT2D eigenvalue weighted by molar-refractivity contribution is 0.544. The predicted molar refractivity (Wildman–Crippen MR) is 72.6 cm³/mol. The van der Waals surface area contributed by atoms with Crippen molar-refractivity contribution in [3.63, 3.8) is 0 Å². The van der Waals surface area contributed by atoms with Gasteiger partial charge in [0.25, 0.3) is 6.01 Å². The van der Waals surface area contributed by atoms with E-state index in [4.69, 9.17) is 4.42 Å². The molecule has 1 aromatic carbocycles. The summed E-state index contributed by atoms with van der Waals surface area (Å²) >= 11 is 1.84. The molecule has 1 aromatic heterocycles. The normalized spacial score (nSPS) is 10.5. The fraction of sp³-hybridized carbons (Fsp3) is 0.308. The fourth-order valence-electron chi connectivity index (χ4n) is 1.65. The first-order valence-corrected chi connectivity index (χ1v) is 6.61. The number of thioether (sulfide) groups is 1. The number of aromatic nitrogens is 1. The zero-order valence-electron chi connectivity index (χ0n) is 10.3. The molecule has 0 aliphatic carbocycles. The number of hydrogen-bond acceptors (Lipinski definition) is 4. The van der Waals surface area contributed by atoms with Gasteiger partial charge in [-0.2, -0.15) is 4.98 Å². The minimum atomic E-state index is 0.560. The smallest absolute Gasteiger partial charge is 0.295 e. The second-order valence-corrected chi connectivity index (χ2v) is 4.97. The molecule has 0 saturated carbocycles. The third kappa shape index (κ3) is 2.64. The minimum Gasteiger partial charge on any atom is -0.428 e. The highest BCUT2D eigenvalue weighted by Gasteiger charge is 2.10. The van der Waals surface area contributed by atoms with Crippen LogP contribution in [0.25, 0.3) is 11.3 Å². The van der Waals surface area contributed by atoms with Gasteiger partial charge in [0.15, 0.2) is 0 Å². The maximum atomic E-state index is 5.47. The van der Waals surface area contributed by atoms with E-state index in [1.807, 2.05) is 18.7 Å². The van der Waals surface area contributed by atoms with E-state index >= 15 is 0 Å². The van der Waals surface area contributed by atoms with Crippen molar-refractivity contribution in [1.82, 2.24) is 4.98 Å². The molecule has 0 aliphatic heterocycles. The minimum absolute atomic E-state index is 0.560. The molecule has 0 atom stereocenters. The SMILES string of the molecule is CCSc1ccc(-c2nc(NC)oc2C)cc1. The number of rotatable bonds is 4. The quantitative estimate of drug-likeness (QED) is 0.835. The van der Waals surface area contributed by atoms with Crippen molar-refractivity contribution < 1.29 is 4.42 Å². The van der Waals surface area contributed by atoms with E-state index in [1.165, 1.54) is 4.90 Å². The second kappa shape index (κ2) is 5.27. The molecule has 0 spiro atoms. The van der Waals surface area contributed by atoms with E-state index in [0.717, 1.165) is 22.8 Å². The molecule has 0 radical (unpaired) electrons. The summed E-state index contributed by atoms with van der Waals surface area (Å²) < 4.78 is 5.47. The van der Waals surface area contributed by atoms with Gasteiger partial charge in [-0.3, -0.25) is 0 Å². The molecule has 0 fully saturated rings. The highest BCUT2D eigenvalue weighted by molar-refractivity contribution is 7.99. The van der Waals surface area contributed by atoms with Crippen LogP contribution < -0.4 is 5.32 Å². The van der Waals surface area contributed by atoms with Crippen LogP contribution in [0.15, 0.2) is 33.6 Å². The lowest BCUT2D eigenvalue weighted by atomic mass is 10.1. The van der Waals surface area contributed by atoms with Crippen LogP contribution in [0.1, 0.15) is 12.7 Å². The van der Waals surface area contributed by atoms with Gasteiger partial charge in [0, 0.05) is 17.5 Å². The summed E-state index contributed by atoms with van der Waals surface area (Å²) in [6, 6.07) is 8.97. The van der Waals surface area contributed by atoms with Crippen molar-refractivity contribution in [2.45, 2.75) is 18.7 Å². The Bertz CT molecular complexity index is 491. The molecule has 0 bridgehead atoms. The number of anilines is 1. The van der Waals surface area contributed by atoms with Crippen molar-refractivity contribution in [2.24, 2.45) is 0 Å². The molecule has 2 aromatic rings. The van der Waals surface area contributed by atoms with Gasteiger partial charge in [-0.15, -0.1) is 11.8 Å². The first kappa shape index (κ1) is 12.0. The van der Waals surface area contributed by atoms with Gasteiger partial charge in [-0.25, -0.2) is 0 Å². The fourth-order valence-corrected chi connectivity index (χ4v) is 2.31. The lowest BCUT2D eigenvalue weighted by Gasteiger charge is -2.00. The van der Waals surface area contributed by atoms with Crippen LogP contribution in [0, 0.1) is 6.92 Å². The first-order chi connectivity index (χ1) is 8.24. The molecular formula is C13H16N2OS. The van der Waals surface area contributed by atoms with E-state index in [-0.39, 0.29) is 0 Å². The Morgan fingerprint density at radius 3 is 2.53 bits per heavy atom. The third-order valence-corrected chi connectivity index (χ3v) is 3.34. The maximum absolute atomic E-state index is 5.47. The van der Waals surface area contributed by atoms with Crippen LogP contribution in [0.2, 0.25) is 0 Å². The van der Waals surface area contributed by atoms with Crippen LogP contribution in [-0.2, 0) is 0 Å². The Balaban J connectivity index is 2.29. The predicted octanol–water partition coefficient (Wildman–Crippen LogP) is 3.80. The van der Waals surface area contributed by atoms with Crippen LogP contribution in [0.5, 0.6) is 0 Å². The van der Waals surface area contributed by atoms with E-state index in [1.54, 1.807) is 7.05 Å². The van der Waals surface area contributed by atoms with E-state index in [2.05, 4.69) is 41.5 Å². The van der Waals surface area contributed by atoms with Gasteiger partial charge in [0.1, 0.15) is 11.5 Å². The van der Waals surface area contributed by atoms with Gasteiger partial charge in [0.2, 0.25) is 0 Å². The Morgan fingerprint density at radius 1 is 1.29 bits per heavy atom. The van der Waals surface area contributed by atoms with Crippen LogP contribution in [-0.4, -0.2) is 17.8 Å². The molecule has 1 N–H and O–H groups in total. The zero-order chi connectivity index (χ0) is 12.3. The molecule has 3 nitrogen and oxygen atoms in total. The number of benzene rings is 1. The number of nitrogens with zero attached hydrogens (tertiary/aromatic N) is 1. The summed E-state index contributed by atoms with van der Waals surface area (Å²) in [6.45, 7) is 4.08. The highest BCUT2D eigenvalue weighted by atomic mass is 32.2. The molecule has 2 rings (SSSR count). The van der Waals surface area contributed by atoms with Crippen molar-refractivity contribution >= 4 is 17.8 Å². The monoisotopic (exact) mass is 248 g/mol. The average molecular weight is 248 g/mol. The molecule has 0 aliphatic rings. The lowest BCUT2D eigenvalue weighted by Crippen LogP contribution is -1.87. The van der Waals surface area contributed by atoms with Gasteiger partial charge in [-0.1, -0.05) is 19.1 Å². The number of oxazole rings is 1. The summed E-state index contributed by atoms with van der Waals surface area (Å²) in [6.07, 6.45) is 0. The largest absolute Gasteiger partial charge is 0.428 e. The van der Waals surface area contributed by atoms with Gasteiger partial charge < -0.3 is 9.73 Å². The van der Waals surface area contributed by atoms with Crippen molar-refractivity contribution in [3.8, 4) is 11.3 Å². The van der Waals surface area contributed by atoms with Crippen molar-refractivity contribution in [1.29, 1.82) is 0 Å². The molecule has 4 heteroatoms. The van der Waals surface area contributed by atoms with Crippen molar-refractivity contribution in [3.05, 3.63) is 30.0 Å². The zero-order valence-corrected chi connectivity index (χ0v) is 11.1. The Labute approximate surface area is 106 Å². The molecular weight excluding hydrogens is 232 g/mol. The third-order valence-electron chi connectivity index (χ3n) is 2.45. The maximum Gasteiger partial charge on any atom is 0.295 e. The highest BCUT2D eigenvalue weighted by Crippen LogP contribution is 2.27. The number of hydrogen-bond donors (Lipinski definition) is 1. The van der Waals surface area contributed by atoms with E-state index in [9.17, 15) is 0 Å². The summed E-state index contributed by atoms with van der Waals surface area (Å²) in [5.74, 6) is 1.93. The molecule has 0 saturated heterocycles. The van der Waals surface area contributed by atoms with Crippen molar-refractivity contribution in [2.75, 3.05) is 18.1 Å². The average Bonchev–Trinajstić information content (AvgIpc) is 2.72. The molecule has 0 unspecified atom stereocenters. The molecule has 1 heterocycles. The summed E-state index contributed by atoms with van der Waals surface area (Å²) in [5.41, 5.74) is 2.00. The molecule has 90 valence electrons. The number of aryl methyl sites for hydroxylation is 1. The van der Waals surface area contributed by atoms with E-state index in [0.29, 0.717) is 6.01 Å². The van der Waals surface area contributed by atoms with E-state index < -0.39 is 0 Å². The second-order valence-electron chi connectivity index (χ2n) is 3.63. The van der Waals surface area contributed by atoms with Gasteiger partial charge in [-0.05, 0) is 24.8 Å². The van der Waals surface area contributed by atoms with Crippen LogP contribution in [0.3, 0.4) is 0 Å². The Kier molecular flexibility index (Phi) is 3.74. The van der Waals surface area contributed by atoms with Crippen LogP contribution >= 0.6 is 11.8 Å². The Morgan fingerprint density at radius 2 is 2.00 bits per heavy atom. The Hall–Kier alpha value is -1.42. The first-order valence-electron chi connectivity index (χ1n) is 5.63. The van der Waals surface area contributed by atoms with Gasteiger partial charge >= 0.3 is 0 Å². The molecule has 17 heavy (non-hydrogen) atoms. The topological polar surface area (TPSA) is 38.1 Å². The summed E-state index contributed by atoms with van der Waals surface area (Å²) in [5, 5.41) is 2.91. The van der Waals surface area contributed by atoms with Crippen LogP contribution in [0.4, 0.5) is 6.01 Å².